The summed E-state index contributed by atoms with van der Waals surface area (Å²) in [7, 11) is 0. The third-order valence-corrected chi connectivity index (χ3v) is 1.95. The van der Waals surface area contributed by atoms with E-state index in [0.29, 0.717) is 0 Å². The minimum absolute atomic E-state index is 0.116. The first-order valence-corrected chi connectivity index (χ1v) is 4.62. The SMILES string of the molecule is C[C@@H](N)c1nc(-c2cc(F)cc(F)c2)no1. The number of rotatable bonds is 2. The summed E-state index contributed by atoms with van der Waals surface area (Å²) in [6.45, 7) is 1.67. The van der Waals surface area contributed by atoms with E-state index >= 15 is 0 Å². The number of halogens is 2. The van der Waals surface area contributed by atoms with E-state index in [2.05, 4.69) is 10.1 Å². The lowest BCUT2D eigenvalue weighted by atomic mass is 10.2. The third-order valence-electron chi connectivity index (χ3n) is 1.95. The Balaban J connectivity index is 2.42. The van der Waals surface area contributed by atoms with Crippen molar-refractivity contribution >= 4 is 0 Å². The van der Waals surface area contributed by atoms with E-state index < -0.39 is 17.7 Å². The zero-order chi connectivity index (χ0) is 11.7. The molecule has 0 bridgehead atoms. The molecule has 2 N–H and O–H groups in total. The Morgan fingerprint density at radius 3 is 2.38 bits per heavy atom. The molecule has 0 aliphatic rings. The lowest BCUT2D eigenvalue weighted by Gasteiger charge is -1.96. The van der Waals surface area contributed by atoms with Gasteiger partial charge in [-0.25, -0.2) is 8.78 Å². The van der Waals surface area contributed by atoms with Crippen molar-refractivity contribution in [3.63, 3.8) is 0 Å². The second-order valence-electron chi connectivity index (χ2n) is 3.40. The van der Waals surface area contributed by atoms with Gasteiger partial charge in [0.2, 0.25) is 11.7 Å². The van der Waals surface area contributed by atoms with Crippen LogP contribution in [0.5, 0.6) is 0 Å². The number of hydrogen-bond acceptors (Lipinski definition) is 4. The first kappa shape index (κ1) is 10.7. The molecule has 2 aromatic rings. The summed E-state index contributed by atoms with van der Waals surface area (Å²) in [5.74, 6) is -1.05. The van der Waals surface area contributed by atoms with Crippen molar-refractivity contribution in [1.82, 2.24) is 10.1 Å². The molecule has 1 heterocycles. The molecule has 4 nitrogen and oxygen atoms in total. The van der Waals surface area contributed by atoms with Crippen LogP contribution in [0.4, 0.5) is 8.78 Å². The Kier molecular flexibility index (Phi) is 2.66. The van der Waals surface area contributed by atoms with Crippen LogP contribution in [0.3, 0.4) is 0 Å². The molecular weight excluding hydrogens is 216 g/mol. The molecule has 6 heteroatoms. The van der Waals surface area contributed by atoms with Crippen LogP contribution >= 0.6 is 0 Å². The van der Waals surface area contributed by atoms with Crippen LogP contribution in [0.1, 0.15) is 18.9 Å². The molecule has 0 amide bonds. The van der Waals surface area contributed by atoms with Gasteiger partial charge >= 0.3 is 0 Å². The Morgan fingerprint density at radius 2 is 1.88 bits per heavy atom. The molecule has 0 unspecified atom stereocenters. The lowest BCUT2D eigenvalue weighted by Crippen LogP contribution is -2.04. The maximum Gasteiger partial charge on any atom is 0.243 e. The van der Waals surface area contributed by atoms with Crippen LogP contribution in [0.25, 0.3) is 11.4 Å². The number of nitrogens with zero attached hydrogens (tertiary/aromatic N) is 2. The molecule has 84 valence electrons. The van der Waals surface area contributed by atoms with Crippen molar-refractivity contribution in [2.75, 3.05) is 0 Å². The predicted molar refractivity (Wildman–Crippen MR) is 52.3 cm³/mol. The van der Waals surface area contributed by atoms with Crippen LogP contribution in [-0.4, -0.2) is 10.1 Å². The summed E-state index contributed by atoms with van der Waals surface area (Å²) in [5, 5.41) is 3.59. The minimum atomic E-state index is -0.692. The van der Waals surface area contributed by atoms with Gasteiger partial charge in [0, 0.05) is 11.6 Å². The first-order chi connectivity index (χ1) is 7.56. The zero-order valence-electron chi connectivity index (χ0n) is 8.45. The van der Waals surface area contributed by atoms with Crippen molar-refractivity contribution in [2.45, 2.75) is 13.0 Å². The maximum atomic E-state index is 12.9. The fourth-order valence-corrected chi connectivity index (χ4v) is 1.22. The minimum Gasteiger partial charge on any atom is -0.337 e. The van der Waals surface area contributed by atoms with Crippen molar-refractivity contribution in [3.8, 4) is 11.4 Å². The predicted octanol–water partition coefficient (Wildman–Crippen LogP) is 2.03. The van der Waals surface area contributed by atoms with Gasteiger partial charge < -0.3 is 10.3 Å². The lowest BCUT2D eigenvalue weighted by molar-refractivity contribution is 0.362. The van der Waals surface area contributed by atoms with Gasteiger partial charge in [-0.3, -0.25) is 0 Å². The summed E-state index contributed by atoms with van der Waals surface area (Å²) >= 11 is 0. The number of benzene rings is 1. The second-order valence-corrected chi connectivity index (χ2v) is 3.40. The van der Waals surface area contributed by atoms with Gasteiger partial charge in [0.05, 0.1) is 6.04 Å². The zero-order valence-corrected chi connectivity index (χ0v) is 8.45. The van der Waals surface area contributed by atoms with E-state index in [1.165, 1.54) is 0 Å². The molecule has 0 saturated carbocycles. The van der Waals surface area contributed by atoms with Gasteiger partial charge in [0.1, 0.15) is 11.6 Å². The summed E-state index contributed by atoms with van der Waals surface area (Å²) in [4.78, 5) is 3.93. The molecule has 0 aliphatic carbocycles. The summed E-state index contributed by atoms with van der Waals surface area (Å²) in [6, 6.07) is 2.60. The Morgan fingerprint density at radius 1 is 1.25 bits per heavy atom. The molecule has 1 aromatic heterocycles. The van der Waals surface area contributed by atoms with E-state index in [1.54, 1.807) is 6.92 Å². The Hall–Kier alpha value is -1.82. The first-order valence-electron chi connectivity index (χ1n) is 4.62. The van der Waals surface area contributed by atoms with E-state index in [4.69, 9.17) is 10.3 Å². The van der Waals surface area contributed by atoms with Crippen molar-refractivity contribution in [3.05, 3.63) is 35.7 Å². The smallest absolute Gasteiger partial charge is 0.243 e. The fourth-order valence-electron chi connectivity index (χ4n) is 1.22. The highest BCUT2D eigenvalue weighted by atomic mass is 19.1. The van der Waals surface area contributed by atoms with Crippen molar-refractivity contribution in [2.24, 2.45) is 5.73 Å². The maximum absolute atomic E-state index is 12.9. The molecule has 1 atom stereocenters. The monoisotopic (exact) mass is 225 g/mol. The topological polar surface area (TPSA) is 64.9 Å². The molecule has 1 aromatic carbocycles. The highest BCUT2D eigenvalue weighted by Gasteiger charge is 2.13. The van der Waals surface area contributed by atoms with Crippen LogP contribution in [0.2, 0.25) is 0 Å². The van der Waals surface area contributed by atoms with Gasteiger partial charge in [-0.2, -0.15) is 4.98 Å². The van der Waals surface area contributed by atoms with E-state index in [1.807, 2.05) is 0 Å². The highest BCUT2D eigenvalue weighted by Crippen LogP contribution is 2.19. The quantitative estimate of drug-likeness (QED) is 0.849. The van der Waals surface area contributed by atoms with Gasteiger partial charge in [0.25, 0.3) is 0 Å². The third kappa shape index (κ3) is 2.06. The standard InChI is InChI=1S/C10H9F2N3O/c1-5(13)10-14-9(15-16-10)6-2-7(11)4-8(12)3-6/h2-5H,13H2,1H3/t5-/m1/s1. The highest BCUT2D eigenvalue weighted by molar-refractivity contribution is 5.54. The molecule has 16 heavy (non-hydrogen) atoms. The molecule has 0 fully saturated rings. The van der Waals surface area contributed by atoms with Gasteiger partial charge in [-0.1, -0.05) is 5.16 Å². The van der Waals surface area contributed by atoms with Gasteiger partial charge in [0.15, 0.2) is 0 Å². The van der Waals surface area contributed by atoms with E-state index in [0.717, 1.165) is 18.2 Å². The molecule has 0 saturated heterocycles. The van der Waals surface area contributed by atoms with Gasteiger partial charge in [-0.15, -0.1) is 0 Å². The Bertz CT molecular complexity index is 490. The molecule has 0 aliphatic heterocycles. The normalized spacial score (nSPS) is 12.8. The van der Waals surface area contributed by atoms with Crippen molar-refractivity contribution in [1.29, 1.82) is 0 Å². The van der Waals surface area contributed by atoms with Crippen molar-refractivity contribution < 1.29 is 13.3 Å². The average Bonchev–Trinajstić information content (AvgIpc) is 2.64. The summed E-state index contributed by atoms with van der Waals surface area (Å²) in [6.07, 6.45) is 0. The summed E-state index contributed by atoms with van der Waals surface area (Å²) < 4.78 is 30.7. The number of nitrogens with two attached hydrogens (primary N) is 1. The largest absolute Gasteiger partial charge is 0.337 e. The van der Waals surface area contributed by atoms with E-state index in [9.17, 15) is 8.78 Å². The molecule has 2 rings (SSSR count). The number of aromatic nitrogens is 2. The fraction of sp³-hybridized carbons (Fsp3) is 0.200. The Labute approximate surface area is 90.1 Å². The summed E-state index contributed by atoms with van der Waals surface area (Å²) in [5.41, 5.74) is 5.74. The molecular formula is C10H9F2N3O. The van der Waals surface area contributed by atoms with Gasteiger partial charge in [-0.05, 0) is 19.1 Å². The van der Waals surface area contributed by atoms with Crippen LogP contribution in [0, 0.1) is 11.6 Å². The molecule has 0 radical (unpaired) electrons. The van der Waals surface area contributed by atoms with E-state index in [-0.39, 0.29) is 17.3 Å². The second kappa shape index (κ2) is 3.97. The number of hydrogen-bond donors (Lipinski definition) is 1. The van der Waals surface area contributed by atoms with Crippen LogP contribution < -0.4 is 5.73 Å². The average molecular weight is 225 g/mol. The molecule has 0 spiro atoms. The van der Waals surface area contributed by atoms with Crippen LogP contribution in [-0.2, 0) is 0 Å². The van der Waals surface area contributed by atoms with Crippen LogP contribution in [0.15, 0.2) is 22.7 Å².